The van der Waals surface area contributed by atoms with Crippen LogP contribution in [0.25, 0.3) is 0 Å². The van der Waals surface area contributed by atoms with Gasteiger partial charge in [0.2, 0.25) is 0 Å². The summed E-state index contributed by atoms with van der Waals surface area (Å²) in [7, 11) is 1.42. The van der Waals surface area contributed by atoms with Gasteiger partial charge in [-0.3, -0.25) is 0 Å². The molecule has 0 radical (unpaired) electrons. The van der Waals surface area contributed by atoms with Crippen molar-refractivity contribution >= 4 is 5.97 Å². The van der Waals surface area contributed by atoms with E-state index in [9.17, 15) is 4.79 Å². The van der Waals surface area contributed by atoms with Crippen LogP contribution in [0.3, 0.4) is 0 Å². The van der Waals surface area contributed by atoms with E-state index in [0.717, 1.165) is 12.0 Å². The zero-order valence-electron chi connectivity index (χ0n) is 10.3. The molecule has 0 aliphatic heterocycles. The minimum absolute atomic E-state index is 0.207. The number of carbonyl (C=O) groups excluding carboxylic acids is 1. The van der Waals surface area contributed by atoms with Gasteiger partial charge in [0.25, 0.3) is 0 Å². The lowest BCUT2D eigenvalue weighted by atomic mass is 10.1. The average molecular weight is 212 g/mol. The van der Waals surface area contributed by atoms with E-state index in [1.165, 1.54) is 45.6 Å². The van der Waals surface area contributed by atoms with E-state index in [1.807, 2.05) is 13.0 Å². The van der Waals surface area contributed by atoms with E-state index in [0.29, 0.717) is 0 Å². The number of unbranched alkanes of at least 4 members (excludes halogenated alkanes) is 6. The third-order valence-corrected chi connectivity index (χ3v) is 2.52. The van der Waals surface area contributed by atoms with Gasteiger partial charge in [0.15, 0.2) is 0 Å². The van der Waals surface area contributed by atoms with Crippen LogP contribution in [0.2, 0.25) is 0 Å². The predicted molar refractivity (Wildman–Crippen MR) is 63.8 cm³/mol. The Morgan fingerprint density at radius 1 is 1.13 bits per heavy atom. The maximum absolute atomic E-state index is 11.0. The Bertz CT molecular complexity index is 195. The van der Waals surface area contributed by atoms with Crippen molar-refractivity contribution in [1.29, 1.82) is 0 Å². The van der Waals surface area contributed by atoms with Crippen LogP contribution in [0.1, 0.15) is 58.8 Å². The molecule has 0 heterocycles. The summed E-state index contributed by atoms with van der Waals surface area (Å²) in [6, 6.07) is 0. The Kier molecular flexibility index (Phi) is 9.24. The third kappa shape index (κ3) is 8.22. The number of rotatable bonds is 8. The molecule has 0 unspecified atom stereocenters. The first-order valence-corrected chi connectivity index (χ1v) is 5.97. The van der Waals surface area contributed by atoms with Gasteiger partial charge in [0, 0.05) is 5.57 Å². The van der Waals surface area contributed by atoms with Crippen LogP contribution in [0.5, 0.6) is 0 Å². The Morgan fingerprint density at radius 3 is 2.33 bits per heavy atom. The van der Waals surface area contributed by atoms with Crippen molar-refractivity contribution in [3.05, 3.63) is 11.6 Å². The molecule has 2 nitrogen and oxygen atoms in total. The monoisotopic (exact) mass is 212 g/mol. The molecular weight excluding hydrogens is 188 g/mol. The second-order valence-corrected chi connectivity index (χ2v) is 3.94. The molecule has 0 aromatic carbocycles. The summed E-state index contributed by atoms with van der Waals surface area (Å²) in [5.41, 5.74) is 0.728. The molecule has 0 spiro atoms. The van der Waals surface area contributed by atoms with Gasteiger partial charge in [-0.2, -0.15) is 0 Å². The fourth-order valence-electron chi connectivity index (χ4n) is 1.49. The normalized spacial score (nSPS) is 11.5. The van der Waals surface area contributed by atoms with Gasteiger partial charge in [-0.05, 0) is 19.8 Å². The van der Waals surface area contributed by atoms with Crippen molar-refractivity contribution in [3.8, 4) is 0 Å². The Labute approximate surface area is 93.7 Å². The van der Waals surface area contributed by atoms with Crippen LogP contribution in [-0.4, -0.2) is 13.1 Å². The van der Waals surface area contributed by atoms with E-state index >= 15 is 0 Å². The summed E-state index contributed by atoms with van der Waals surface area (Å²) in [6.07, 6.45) is 10.7. The quantitative estimate of drug-likeness (QED) is 0.347. The van der Waals surface area contributed by atoms with Gasteiger partial charge in [-0.15, -0.1) is 0 Å². The molecule has 0 amide bonds. The molecule has 0 saturated carbocycles. The van der Waals surface area contributed by atoms with E-state index < -0.39 is 0 Å². The molecule has 0 saturated heterocycles. The number of carbonyl (C=O) groups is 1. The molecule has 88 valence electrons. The lowest BCUT2D eigenvalue weighted by Crippen LogP contribution is -2.01. The minimum Gasteiger partial charge on any atom is -0.466 e. The fraction of sp³-hybridized carbons (Fsp3) is 0.769. The lowest BCUT2D eigenvalue weighted by Gasteiger charge is -2.00. The number of esters is 1. The van der Waals surface area contributed by atoms with Crippen LogP contribution >= 0.6 is 0 Å². The third-order valence-electron chi connectivity index (χ3n) is 2.52. The molecule has 0 aliphatic carbocycles. The Hall–Kier alpha value is -0.790. The molecule has 0 aliphatic rings. The number of hydrogen-bond acceptors (Lipinski definition) is 2. The second-order valence-electron chi connectivity index (χ2n) is 3.94. The predicted octanol–water partition coefficient (Wildman–Crippen LogP) is 3.86. The lowest BCUT2D eigenvalue weighted by molar-refractivity contribution is -0.136. The van der Waals surface area contributed by atoms with Crippen molar-refractivity contribution in [1.82, 2.24) is 0 Å². The van der Waals surface area contributed by atoms with Crippen molar-refractivity contribution in [2.45, 2.75) is 58.8 Å². The summed E-state index contributed by atoms with van der Waals surface area (Å²) in [5.74, 6) is -0.207. The first-order valence-electron chi connectivity index (χ1n) is 5.97. The van der Waals surface area contributed by atoms with Crippen molar-refractivity contribution in [2.24, 2.45) is 0 Å². The highest BCUT2D eigenvalue weighted by molar-refractivity contribution is 5.87. The van der Waals surface area contributed by atoms with Gasteiger partial charge in [0.1, 0.15) is 0 Å². The van der Waals surface area contributed by atoms with E-state index in [-0.39, 0.29) is 5.97 Å². The number of ether oxygens (including phenoxy) is 1. The standard InChI is InChI=1S/C13H24O2/c1-4-5-6-7-8-9-10-11-12(2)13(14)15-3/h11H,4-10H2,1-3H3/b12-11+. The van der Waals surface area contributed by atoms with Gasteiger partial charge in [-0.25, -0.2) is 4.79 Å². The van der Waals surface area contributed by atoms with Crippen molar-refractivity contribution < 1.29 is 9.53 Å². The smallest absolute Gasteiger partial charge is 0.333 e. The zero-order chi connectivity index (χ0) is 11.5. The molecule has 0 bridgehead atoms. The molecule has 0 atom stereocenters. The molecule has 2 heteroatoms. The van der Waals surface area contributed by atoms with Crippen LogP contribution in [0.4, 0.5) is 0 Å². The minimum atomic E-state index is -0.207. The number of methoxy groups -OCH3 is 1. The van der Waals surface area contributed by atoms with Crippen molar-refractivity contribution in [3.63, 3.8) is 0 Å². The molecule has 0 aromatic heterocycles. The molecule has 0 fully saturated rings. The highest BCUT2D eigenvalue weighted by Gasteiger charge is 2.00. The van der Waals surface area contributed by atoms with Gasteiger partial charge >= 0.3 is 5.97 Å². The Balaban J connectivity index is 3.40. The maximum atomic E-state index is 11.0. The molecule has 0 rings (SSSR count). The highest BCUT2D eigenvalue weighted by atomic mass is 16.5. The SMILES string of the molecule is CCCCCCCC/C=C(\C)C(=O)OC. The first-order chi connectivity index (χ1) is 7.22. The fourth-order valence-corrected chi connectivity index (χ4v) is 1.49. The molecule has 15 heavy (non-hydrogen) atoms. The van der Waals surface area contributed by atoms with Crippen LogP contribution < -0.4 is 0 Å². The summed E-state index contributed by atoms with van der Waals surface area (Å²) < 4.78 is 4.61. The maximum Gasteiger partial charge on any atom is 0.333 e. The summed E-state index contributed by atoms with van der Waals surface area (Å²) in [6.45, 7) is 4.03. The topological polar surface area (TPSA) is 26.3 Å². The largest absolute Gasteiger partial charge is 0.466 e. The van der Waals surface area contributed by atoms with E-state index in [4.69, 9.17) is 0 Å². The van der Waals surface area contributed by atoms with E-state index in [1.54, 1.807) is 0 Å². The summed E-state index contributed by atoms with van der Waals surface area (Å²) >= 11 is 0. The molecule has 0 aromatic rings. The average Bonchev–Trinajstić information content (AvgIpc) is 2.26. The van der Waals surface area contributed by atoms with E-state index in [2.05, 4.69) is 11.7 Å². The van der Waals surface area contributed by atoms with Crippen molar-refractivity contribution in [2.75, 3.05) is 7.11 Å². The molecule has 0 N–H and O–H groups in total. The van der Waals surface area contributed by atoms with Crippen LogP contribution in [0.15, 0.2) is 11.6 Å². The Morgan fingerprint density at radius 2 is 1.73 bits per heavy atom. The second kappa shape index (κ2) is 9.75. The number of hydrogen-bond donors (Lipinski definition) is 0. The van der Waals surface area contributed by atoms with Crippen LogP contribution in [-0.2, 0) is 9.53 Å². The van der Waals surface area contributed by atoms with Crippen LogP contribution in [0, 0.1) is 0 Å². The van der Waals surface area contributed by atoms with Gasteiger partial charge < -0.3 is 4.74 Å². The summed E-state index contributed by atoms with van der Waals surface area (Å²) in [5, 5.41) is 0. The highest BCUT2D eigenvalue weighted by Crippen LogP contribution is 2.08. The van der Waals surface area contributed by atoms with Gasteiger partial charge in [-0.1, -0.05) is 45.1 Å². The first kappa shape index (κ1) is 14.2. The number of allylic oxidation sites excluding steroid dienone is 1. The summed E-state index contributed by atoms with van der Waals surface area (Å²) in [4.78, 5) is 11.0. The zero-order valence-corrected chi connectivity index (χ0v) is 10.3. The van der Waals surface area contributed by atoms with Gasteiger partial charge in [0.05, 0.1) is 7.11 Å². The molecular formula is C13H24O2.